The molecule has 2 heterocycles. The predicted molar refractivity (Wildman–Crippen MR) is 190 cm³/mol. The third kappa shape index (κ3) is 8.89. The zero-order valence-electron chi connectivity index (χ0n) is 30.7. The maximum absolute atomic E-state index is 14.4. The molecule has 0 bridgehead atoms. The van der Waals surface area contributed by atoms with Crippen molar-refractivity contribution in [3.05, 3.63) is 12.7 Å². The van der Waals surface area contributed by atoms with E-state index in [2.05, 4.69) is 41.7 Å². The maximum Gasteiger partial charge on any atom is 0.315 e. The van der Waals surface area contributed by atoms with Crippen molar-refractivity contribution >= 4 is 39.4 Å². The molecule has 2 saturated heterocycles. The summed E-state index contributed by atoms with van der Waals surface area (Å²) in [6, 6.07) is -3.90. The van der Waals surface area contributed by atoms with Gasteiger partial charge in [-0.1, -0.05) is 79.7 Å². The van der Waals surface area contributed by atoms with Crippen LogP contribution in [0.4, 0.5) is 4.79 Å². The molecular weight excluding hydrogens is 662 g/mol. The second-order valence-corrected chi connectivity index (χ2v) is 18.6. The topological polar surface area (TPSA) is 180 Å². The number of carbonyl (C=O) groups is 5. The highest BCUT2D eigenvalue weighted by atomic mass is 32.2. The minimum atomic E-state index is -3.38. The van der Waals surface area contributed by atoms with Crippen molar-refractivity contribution < 1.29 is 37.1 Å². The van der Waals surface area contributed by atoms with Gasteiger partial charge in [0, 0.05) is 19.1 Å². The first-order chi connectivity index (χ1) is 23.4. The van der Waals surface area contributed by atoms with Gasteiger partial charge in [-0.25, -0.2) is 13.2 Å². The lowest BCUT2D eigenvalue weighted by molar-refractivity contribution is -0.145. The molecule has 4 rings (SSSR count). The highest BCUT2D eigenvalue weighted by Gasteiger charge is 2.70. The number of fused-ring (bicyclic) bond motifs is 1. The molecule has 50 heavy (non-hydrogen) atoms. The number of nitrogens with zero attached hydrogens (tertiary/aromatic N) is 1. The number of Topliss-reactive ketones (excluding diaryl/α,β-unsaturated/α-hetero) is 1. The van der Waals surface area contributed by atoms with Crippen molar-refractivity contribution in [1.82, 2.24) is 26.2 Å². The van der Waals surface area contributed by atoms with Gasteiger partial charge in [0.15, 0.2) is 9.84 Å². The van der Waals surface area contributed by atoms with E-state index in [-0.39, 0.29) is 55.1 Å². The van der Waals surface area contributed by atoms with E-state index in [0.29, 0.717) is 25.8 Å². The molecule has 14 heteroatoms. The Balaban J connectivity index is 1.53. The van der Waals surface area contributed by atoms with Crippen molar-refractivity contribution in [2.24, 2.45) is 28.6 Å². The highest BCUT2D eigenvalue weighted by Crippen LogP contribution is 2.65. The maximum atomic E-state index is 14.4. The summed E-state index contributed by atoms with van der Waals surface area (Å²) in [6.45, 7) is 15.9. The normalized spacial score (nSPS) is 29.7. The van der Waals surface area contributed by atoms with Gasteiger partial charge in [-0.15, -0.1) is 6.58 Å². The second kappa shape index (κ2) is 16.1. The van der Waals surface area contributed by atoms with Gasteiger partial charge in [0.2, 0.25) is 17.6 Å². The Kier molecular flexibility index (Phi) is 12.8. The molecule has 0 aromatic heterocycles. The van der Waals surface area contributed by atoms with Crippen LogP contribution >= 0.6 is 0 Å². The van der Waals surface area contributed by atoms with Gasteiger partial charge in [-0.3, -0.25) is 19.2 Å². The van der Waals surface area contributed by atoms with Crippen LogP contribution in [0.5, 0.6) is 0 Å². The first-order valence-corrected chi connectivity index (χ1v) is 20.1. The molecule has 4 fully saturated rings. The Bertz CT molecular complexity index is 1410. The van der Waals surface area contributed by atoms with E-state index in [1.165, 1.54) is 11.0 Å². The van der Waals surface area contributed by atoms with Crippen LogP contribution in [0.15, 0.2) is 12.7 Å². The SMILES string of the molecule is C=CCNC(=O)C(=O)[C@H](CCCC)NC(=O)[C@@H]1[C@H]2C(CN1C(=O)[C@@H](NC(=O)NC1CCCCCC1C1COCCS1(=O)=O)C(C)(C)C)C2(C)C. The number of ether oxygens (including phenoxy) is 1. The Labute approximate surface area is 297 Å². The molecule has 0 radical (unpaired) electrons. The molecule has 13 nitrogen and oxygen atoms in total. The predicted octanol–water partition coefficient (Wildman–Crippen LogP) is 2.49. The lowest BCUT2D eigenvalue weighted by atomic mass is 9.85. The van der Waals surface area contributed by atoms with Crippen LogP contribution in [-0.4, -0.2) is 104 Å². The minimum Gasteiger partial charge on any atom is -0.379 e. The molecule has 0 aromatic carbocycles. The Morgan fingerprint density at radius 1 is 1.06 bits per heavy atom. The van der Waals surface area contributed by atoms with Crippen LogP contribution in [-0.2, 0) is 33.8 Å². The van der Waals surface area contributed by atoms with Crippen molar-refractivity contribution in [3.63, 3.8) is 0 Å². The minimum absolute atomic E-state index is 0.0346. The molecule has 4 unspecified atom stereocenters. The number of likely N-dealkylation sites (tertiary alicyclic amines) is 1. The van der Waals surface area contributed by atoms with Crippen molar-refractivity contribution in [2.45, 2.75) is 122 Å². The molecule has 2 aliphatic carbocycles. The van der Waals surface area contributed by atoms with Gasteiger partial charge in [0.25, 0.3) is 5.91 Å². The first kappa shape index (κ1) is 39.8. The Morgan fingerprint density at radius 3 is 2.40 bits per heavy atom. The summed E-state index contributed by atoms with van der Waals surface area (Å²) in [5.41, 5.74) is -0.952. The molecular formula is C36H59N5O8S. The van der Waals surface area contributed by atoms with E-state index < -0.39 is 74.2 Å². The smallest absolute Gasteiger partial charge is 0.315 e. The summed E-state index contributed by atoms with van der Waals surface area (Å²) in [6.07, 6.45) is 7.04. The summed E-state index contributed by atoms with van der Waals surface area (Å²) >= 11 is 0. The van der Waals surface area contributed by atoms with E-state index in [1.54, 1.807) is 0 Å². The lowest BCUT2D eigenvalue weighted by Crippen LogP contribution is -2.62. The van der Waals surface area contributed by atoms with E-state index >= 15 is 0 Å². The molecule has 2 saturated carbocycles. The number of hydrogen-bond acceptors (Lipinski definition) is 8. The molecule has 4 N–H and O–H groups in total. The molecule has 0 aromatic rings. The van der Waals surface area contributed by atoms with Gasteiger partial charge >= 0.3 is 6.03 Å². The number of hydrogen-bond donors (Lipinski definition) is 4. The number of amides is 5. The van der Waals surface area contributed by atoms with Gasteiger partial charge in [0.05, 0.1) is 30.3 Å². The second-order valence-electron chi connectivity index (χ2n) is 16.3. The largest absolute Gasteiger partial charge is 0.379 e. The van der Waals surface area contributed by atoms with Crippen molar-refractivity contribution in [1.29, 1.82) is 0 Å². The quantitative estimate of drug-likeness (QED) is 0.127. The van der Waals surface area contributed by atoms with Crippen molar-refractivity contribution in [2.75, 3.05) is 32.1 Å². The summed E-state index contributed by atoms with van der Waals surface area (Å²) in [5.74, 6) is -2.87. The van der Waals surface area contributed by atoms with Gasteiger partial charge in [-0.05, 0) is 47.8 Å². The van der Waals surface area contributed by atoms with E-state index in [9.17, 15) is 32.4 Å². The highest BCUT2D eigenvalue weighted by molar-refractivity contribution is 7.92. The van der Waals surface area contributed by atoms with E-state index in [4.69, 9.17) is 4.74 Å². The number of piperidine rings is 1. The number of urea groups is 1. The fourth-order valence-corrected chi connectivity index (χ4v) is 10.1. The average molecular weight is 722 g/mol. The van der Waals surface area contributed by atoms with Crippen LogP contribution in [0.3, 0.4) is 0 Å². The van der Waals surface area contributed by atoms with Gasteiger partial charge < -0.3 is 30.9 Å². The number of unbranched alkanes of at least 4 members (excludes halogenated alkanes) is 1. The number of rotatable bonds is 13. The Hall–Kier alpha value is -3.00. The fraction of sp³-hybridized carbons (Fsp3) is 0.806. The van der Waals surface area contributed by atoms with Crippen molar-refractivity contribution in [3.8, 4) is 0 Å². The molecule has 282 valence electrons. The number of ketones is 1. The third-order valence-electron chi connectivity index (χ3n) is 11.4. The fourth-order valence-electron chi connectivity index (χ4n) is 8.29. The summed E-state index contributed by atoms with van der Waals surface area (Å²) in [4.78, 5) is 69.4. The summed E-state index contributed by atoms with van der Waals surface area (Å²) < 4.78 is 31.6. The molecule has 5 amide bonds. The van der Waals surface area contributed by atoms with E-state index in [0.717, 1.165) is 25.7 Å². The van der Waals surface area contributed by atoms with Gasteiger partial charge in [0.1, 0.15) is 12.1 Å². The number of nitrogens with one attached hydrogen (secondary N) is 4. The molecule has 2 aliphatic heterocycles. The third-order valence-corrected chi connectivity index (χ3v) is 13.5. The average Bonchev–Trinajstić information content (AvgIpc) is 3.42. The van der Waals surface area contributed by atoms with Crippen LogP contribution < -0.4 is 21.3 Å². The molecule has 0 spiro atoms. The standard InChI is InChI=1S/C36H59N5O8S/c1-8-10-15-25(29(42)32(44)37-17-9-2)38-31(43)28-27-23(36(27,6)7)20-41(28)33(45)30(35(3,4)5)40-34(46)39-24-16-13-11-12-14-22(24)26-21-49-18-19-50(26,47)48/h9,22-28,30H,2,8,10-21H2,1,3-7H3,(H,37,44)(H,38,43)(H2,39,40,46)/t22?,23?,24?,25-,26?,27+,28-,30+/m0/s1. The van der Waals surface area contributed by atoms with Crippen LogP contribution in [0.2, 0.25) is 0 Å². The van der Waals surface area contributed by atoms with E-state index in [1.807, 2.05) is 27.7 Å². The zero-order chi connectivity index (χ0) is 37.0. The first-order valence-electron chi connectivity index (χ1n) is 18.4. The van der Waals surface area contributed by atoms with Crippen LogP contribution in [0.1, 0.15) is 92.9 Å². The molecule has 4 aliphatic rings. The zero-order valence-corrected chi connectivity index (χ0v) is 31.5. The number of sulfone groups is 1. The van der Waals surface area contributed by atoms with Crippen LogP contribution in [0, 0.1) is 28.6 Å². The Morgan fingerprint density at radius 2 is 1.76 bits per heavy atom. The lowest BCUT2D eigenvalue weighted by Gasteiger charge is -2.39. The van der Waals surface area contributed by atoms with Crippen LogP contribution in [0.25, 0.3) is 0 Å². The molecule has 8 atom stereocenters. The van der Waals surface area contributed by atoms with Gasteiger partial charge in [-0.2, -0.15) is 0 Å². The number of carbonyl (C=O) groups excluding carboxylic acids is 5. The monoisotopic (exact) mass is 721 g/mol. The summed E-state index contributed by atoms with van der Waals surface area (Å²) in [7, 11) is -3.38. The summed E-state index contributed by atoms with van der Waals surface area (Å²) in [5, 5.41) is 10.6.